The Bertz CT molecular complexity index is 3520. The molecular weight excluding hydrogens is 763 g/mol. The van der Waals surface area contributed by atoms with Crippen molar-refractivity contribution in [1.29, 1.82) is 0 Å². The highest BCUT2D eigenvalue weighted by Gasteiger charge is 2.52. The fourth-order valence-corrected chi connectivity index (χ4v) is 10.8. The van der Waals surface area contributed by atoms with E-state index in [-0.39, 0.29) is 0 Å². The van der Waals surface area contributed by atoms with Gasteiger partial charge in [0.1, 0.15) is 11.5 Å². The van der Waals surface area contributed by atoms with Crippen molar-refractivity contribution in [2.45, 2.75) is 5.41 Å². The first-order chi connectivity index (χ1) is 31.3. The molecule has 0 bridgehead atoms. The summed E-state index contributed by atoms with van der Waals surface area (Å²) in [6, 6.07) is 86.4. The van der Waals surface area contributed by atoms with Crippen molar-refractivity contribution in [3.05, 3.63) is 259 Å². The van der Waals surface area contributed by atoms with Crippen LogP contribution >= 0.6 is 0 Å². The van der Waals surface area contributed by atoms with Crippen LogP contribution in [0.5, 0.6) is 11.5 Å². The molecule has 0 radical (unpaired) electrons. The van der Waals surface area contributed by atoms with Gasteiger partial charge in [0, 0.05) is 38.8 Å². The zero-order chi connectivity index (χ0) is 41.5. The molecule has 0 fully saturated rings. The molecule has 1 spiro atoms. The van der Waals surface area contributed by atoms with Crippen LogP contribution in [0.25, 0.3) is 65.7 Å². The van der Waals surface area contributed by atoms with Gasteiger partial charge in [0.25, 0.3) is 0 Å². The van der Waals surface area contributed by atoms with E-state index in [4.69, 9.17) is 4.74 Å². The molecule has 2 heteroatoms. The largest absolute Gasteiger partial charge is 0.455 e. The summed E-state index contributed by atoms with van der Waals surface area (Å²) in [7, 11) is 0. The van der Waals surface area contributed by atoms with Crippen LogP contribution in [0.3, 0.4) is 0 Å². The van der Waals surface area contributed by atoms with E-state index in [0.29, 0.717) is 0 Å². The predicted molar refractivity (Wildman–Crippen MR) is 262 cm³/mol. The fraction of sp³-hybridized carbons (Fsp3) is 0.0164. The minimum atomic E-state index is -0.604. The third-order valence-electron chi connectivity index (χ3n) is 13.5. The van der Waals surface area contributed by atoms with E-state index in [9.17, 15) is 0 Å². The molecule has 1 aliphatic heterocycles. The van der Waals surface area contributed by atoms with Gasteiger partial charge >= 0.3 is 0 Å². The van der Waals surface area contributed by atoms with Crippen molar-refractivity contribution in [3.63, 3.8) is 0 Å². The van der Waals surface area contributed by atoms with Crippen molar-refractivity contribution in [1.82, 2.24) is 0 Å². The number of ether oxygens (including phenoxy) is 1. The van der Waals surface area contributed by atoms with Crippen LogP contribution in [-0.2, 0) is 5.41 Å². The van der Waals surface area contributed by atoms with Crippen LogP contribution in [0, 0.1) is 0 Å². The van der Waals surface area contributed by atoms with Gasteiger partial charge in [-0.2, -0.15) is 0 Å². The van der Waals surface area contributed by atoms with Crippen LogP contribution in [0.4, 0.5) is 17.1 Å². The molecule has 2 nitrogen and oxygen atoms in total. The first-order valence-corrected chi connectivity index (χ1v) is 21.8. The van der Waals surface area contributed by atoms with E-state index in [1.54, 1.807) is 0 Å². The van der Waals surface area contributed by atoms with Crippen LogP contribution in [-0.4, -0.2) is 0 Å². The number of nitrogens with zero attached hydrogens (tertiary/aromatic N) is 1. The summed E-state index contributed by atoms with van der Waals surface area (Å²) in [4.78, 5) is 2.41. The average Bonchev–Trinajstić information content (AvgIpc) is 3.65. The Morgan fingerprint density at radius 3 is 1.57 bits per heavy atom. The molecule has 1 aliphatic carbocycles. The lowest BCUT2D eigenvalue weighted by atomic mass is 9.65. The first-order valence-electron chi connectivity index (χ1n) is 21.8. The zero-order valence-corrected chi connectivity index (χ0v) is 34.4. The maximum absolute atomic E-state index is 7.20. The Hall–Kier alpha value is -8.20. The summed E-state index contributed by atoms with van der Waals surface area (Å²) in [5, 5.41) is 7.00. The monoisotopic (exact) mass is 801 g/mol. The summed E-state index contributed by atoms with van der Waals surface area (Å²) < 4.78 is 7.20. The van der Waals surface area contributed by atoms with Crippen LogP contribution in [0.2, 0.25) is 0 Å². The lowest BCUT2D eigenvalue weighted by Crippen LogP contribution is -2.32. The minimum Gasteiger partial charge on any atom is -0.455 e. The Labute approximate surface area is 366 Å². The average molecular weight is 802 g/mol. The molecule has 0 amide bonds. The zero-order valence-electron chi connectivity index (χ0n) is 34.4. The van der Waals surface area contributed by atoms with Crippen molar-refractivity contribution in [2.24, 2.45) is 0 Å². The fourth-order valence-electron chi connectivity index (χ4n) is 10.8. The Kier molecular flexibility index (Phi) is 7.85. The van der Waals surface area contributed by atoms with Crippen molar-refractivity contribution in [2.75, 3.05) is 4.90 Å². The SMILES string of the molecule is c1ccc(-c2ccccc2N(c2ccc(-c3cccc4c3-c3ccccc3C43c4ccc5ccccc5c4Oc4c3ccc3ccccc43)cc2)c2ccc3ccccc3c2)cc1. The number of hydrogen-bond acceptors (Lipinski definition) is 2. The highest BCUT2D eigenvalue weighted by Crippen LogP contribution is 2.65. The van der Waals surface area contributed by atoms with Crippen LogP contribution < -0.4 is 9.64 Å². The Morgan fingerprint density at radius 1 is 0.317 bits per heavy atom. The number of rotatable bonds is 5. The summed E-state index contributed by atoms with van der Waals surface area (Å²) in [5.74, 6) is 1.86. The molecule has 294 valence electrons. The molecule has 1 heterocycles. The molecule has 0 unspecified atom stereocenters. The highest BCUT2D eigenvalue weighted by molar-refractivity contribution is 6.02. The van der Waals surface area contributed by atoms with E-state index >= 15 is 0 Å². The molecular formula is C61H39NO. The van der Waals surface area contributed by atoms with Crippen molar-refractivity contribution < 1.29 is 4.74 Å². The molecule has 11 aromatic carbocycles. The predicted octanol–water partition coefficient (Wildman–Crippen LogP) is 16.4. The summed E-state index contributed by atoms with van der Waals surface area (Å²) >= 11 is 0. The standard InChI is InChI=1S/C61H39NO/c1-2-16-41(17-3-1)48-21-11-13-28-57(48)62(47-36-29-40-15-4-5-20-45(40)39-47)46-34-30-44(31-35-46)49-25-14-27-54-58(49)52-24-10-12-26-53(52)61(54)55-37-32-42-18-6-8-22-50(42)59(55)63-60-51-23-9-7-19-43(51)33-38-56(60)61/h1-39H. The van der Waals surface area contributed by atoms with E-state index in [0.717, 1.165) is 39.3 Å². The maximum Gasteiger partial charge on any atom is 0.140 e. The summed E-state index contributed by atoms with van der Waals surface area (Å²) in [6.45, 7) is 0. The number of benzene rings is 11. The second-order valence-electron chi connectivity index (χ2n) is 16.7. The van der Waals surface area contributed by atoms with Gasteiger partial charge in [-0.1, -0.05) is 206 Å². The normalized spacial score (nSPS) is 13.0. The van der Waals surface area contributed by atoms with Gasteiger partial charge in [-0.15, -0.1) is 0 Å². The van der Waals surface area contributed by atoms with Gasteiger partial charge in [0.2, 0.25) is 0 Å². The van der Waals surface area contributed by atoms with E-state index < -0.39 is 5.41 Å². The smallest absolute Gasteiger partial charge is 0.140 e. The molecule has 2 aliphatic rings. The van der Waals surface area contributed by atoms with Gasteiger partial charge in [0.15, 0.2) is 0 Å². The third-order valence-corrected chi connectivity index (χ3v) is 13.5. The number of para-hydroxylation sites is 1. The molecule has 13 rings (SSSR count). The minimum absolute atomic E-state index is 0.604. The van der Waals surface area contributed by atoms with Crippen LogP contribution in [0.15, 0.2) is 237 Å². The van der Waals surface area contributed by atoms with Crippen LogP contribution in [0.1, 0.15) is 22.3 Å². The van der Waals surface area contributed by atoms with Gasteiger partial charge in [0.05, 0.1) is 11.1 Å². The van der Waals surface area contributed by atoms with Gasteiger partial charge < -0.3 is 9.64 Å². The van der Waals surface area contributed by atoms with Gasteiger partial charge in [-0.3, -0.25) is 0 Å². The topological polar surface area (TPSA) is 12.5 Å². The molecule has 11 aromatic rings. The molecule has 0 atom stereocenters. The highest BCUT2D eigenvalue weighted by atomic mass is 16.5. The van der Waals surface area contributed by atoms with Gasteiger partial charge in [-0.25, -0.2) is 0 Å². The second kappa shape index (κ2) is 13.9. The van der Waals surface area contributed by atoms with E-state index in [2.05, 4.69) is 241 Å². The maximum atomic E-state index is 7.20. The van der Waals surface area contributed by atoms with E-state index in [1.807, 2.05) is 0 Å². The second-order valence-corrected chi connectivity index (χ2v) is 16.7. The molecule has 0 saturated heterocycles. The summed E-state index contributed by atoms with van der Waals surface area (Å²) in [6.07, 6.45) is 0. The molecule has 0 saturated carbocycles. The first kappa shape index (κ1) is 35.5. The number of fused-ring (bicyclic) bond motifs is 14. The van der Waals surface area contributed by atoms with Crippen molar-refractivity contribution in [3.8, 4) is 44.9 Å². The Balaban J connectivity index is 1.02. The molecule has 0 aromatic heterocycles. The van der Waals surface area contributed by atoms with E-state index in [1.165, 1.54) is 77.2 Å². The third kappa shape index (κ3) is 5.25. The number of anilines is 3. The molecule has 0 N–H and O–H groups in total. The number of hydrogen-bond donors (Lipinski definition) is 0. The Morgan fingerprint density at radius 2 is 0.841 bits per heavy atom. The lowest BCUT2D eigenvalue weighted by molar-refractivity contribution is 0.447. The van der Waals surface area contributed by atoms with Crippen molar-refractivity contribution >= 4 is 49.4 Å². The van der Waals surface area contributed by atoms with Gasteiger partial charge in [-0.05, 0) is 90.8 Å². The quantitative estimate of drug-likeness (QED) is 0.172. The molecule has 63 heavy (non-hydrogen) atoms. The summed E-state index contributed by atoms with van der Waals surface area (Å²) in [5.41, 5.74) is 14.9. The lowest BCUT2D eigenvalue weighted by Gasteiger charge is -2.40.